The number of amides is 1. The average Bonchev–Trinajstić information content (AvgIpc) is 3.13. The minimum atomic E-state index is -0.425. The van der Waals surface area contributed by atoms with Gasteiger partial charge in [0, 0.05) is 35.1 Å². The van der Waals surface area contributed by atoms with Crippen molar-refractivity contribution in [3.05, 3.63) is 51.8 Å². The number of rotatable bonds is 5. The van der Waals surface area contributed by atoms with Crippen LogP contribution in [0.2, 0.25) is 0 Å². The number of allylic oxidation sites excluding steroid dienone is 1. The number of carbonyl (C=O) groups excluding carboxylic acids is 2. The van der Waals surface area contributed by atoms with Crippen LogP contribution in [0.1, 0.15) is 79.1 Å². The highest BCUT2D eigenvalue weighted by Gasteiger charge is 2.52. The molecule has 35 heavy (non-hydrogen) atoms. The van der Waals surface area contributed by atoms with Crippen molar-refractivity contribution in [2.45, 2.75) is 63.8 Å². The first-order valence-corrected chi connectivity index (χ1v) is 13.5. The van der Waals surface area contributed by atoms with Gasteiger partial charge in [0.25, 0.3) is 5.91 Å². The molecule has 2 aromatic heterocycles. The molecule has 1 atom stereocenters. The zero-order chi connectivity index (χ0) is 24.3. The predicted molar refractivity (Wildman–Crippen MR) is 136 cm³/mol. The number of hydrogen-bond donors (Lipinski definition) is 3. The molecule has 8 heteroatoms. The highest BCUT2D eigenvalue weighted by atomic mass is 32.1. The molecule has 3 heterocycles. The Kier molecular flexibility index (Phi) is 5.40. The van der Waals surface area contributed by atoms with E-state index in [1.165, 1.54) is 30.6 Å². The summed E-state index contributed by atoms with van der Waals surface area (Å²) in [5, 5.41) is 7.62. The van der Waals surface area contributed by atoms with Crippen LogP contribution in [0.3, 0.4) is 0 Å². The third-order valence-corrected chi connectivity index (χ3v) is 9.56. The van der Waals surface area contributed by atoms with Crippen molar-refractivity contribution in [3.63, 3.8) is 0 Å². The molecule has 2 aromatic rings. The Balaban J connectivity index is 1.37. The Morgan fingerprint density at radius 3 is 2.40 bits per heavy atom. The average molecular weight is 493 g/mol. The maximum atomic E-state index is 13.7. The summed E-state index contributed by atoms with van der Waals surface area (Å²) in [6, 6.07) is 3.77. The molecule has 7 nitrogen and oxygen atoms in total. The van der Waals surface area contributed by atoms with E-state index >= 15 is 0 Å². The summed E-state index contributed by atoms with van der Waals surface area (Å²) < 4.78 is 5.40. The first-order chi connectivity index (χ1) is 16.9. The number of fused-ring (bicyclic) bond motifs is 1. The molecule has 0 spiro atoms. The summed E-state index contributed by atoms with van der Waals surface area (Å²) in [6.45, 7) is 3.95. The number of pyridine rings is 1. The lowest BCUT2D eigenvalue weighted by atomic mass is 9.53. The van der Waals surface area contributed by atoms with E-state index in [2.05, 4.69) is 15.6 Å². The molecule has 4 aliphatic carbocycles. The van der Waals surface area contributed by atoms with Crippen LogP contribution in [0.5, 0.6) is 0 Å². The molecule has 0 radical (unpaired) electrons. The molecular formula is C27H32N4O3S. The van der Waals surface area contributed by atoms with Crippen molar-refractivity contribution in [2.75, 3.05) is 17.7 Å². The predicted octanol–water partition coefficient (Wildman–Crippen LogP) is 4.82. The fraction of sp³-hybridized carbons (Fsp3) is 0.519. The highest BCUT2D eigenvalue weighted by molar-refractivity contribution is 7.19. The van der Waals surface area contributed by atoms with Crippen molar-refractivity contribution >= 4 is 33.9 Å². The minimum Gasteiger partial charge on any atom is -0.463 e. The maximum absolute atomic E-state index is 13.7. The highest BCUT2D eigenvalue weighted by Crippen LogP contribution is 2.56. The van der Waals surface area contributed by atoms with Gasteiger partial charge in [-0.2, -0.15) is 0 Å². The monoisotopic (exact) mass is 492 g/mol. The van der Waals surface area contributed by atoms with Crippen molar-refractivity contribution in [3.8, 4) is 0 Å². The Labute approximate surface area is 209 Å². The van der Waals surface area contributed by atoms with Crippen LogP contribution < -0.4 is 16.4 Å². The van der Waals surface area contributed by atoms with Gasteiger partial charge in [0.15, 0.2) is 0 Å². The van der Waals surface area contributed by atoms with Crippen LogP contribution in [-0.4, -0.2) is 29.0 Å². The Bertz CT molecular complexity index is 1180. The van der Waals surface area contributed by atoms with E-state index < -0.39 is 5.92 Å². The topological polar surface area (TPSA) is 106 Å². The van der Waals surface area contributed by atoms with Crippen LogP contribution >= 0.6 is 11.3 Å². The lowest BCUT2D eigenvalue weighted by Crippen LogP contribution is -2.59. The summed E-state index contributed by atoms with van der Waals surface area (Å²) in [4.78, 5) is 31.4. The van der Waals surface area contributed by atoms with Crippen LogP contribution in [0.15, 0.2) is 35.8 Å². The van der Waals surface area contributed by atoms with E-state index in [9.17, 15) is 9.59 Å². The van der Waals surface area contributed by atoms with E-state index in [1.807, 2.05) is 19.1 Å². The van der Waals surface area contributed by atoms with E-state index in [1.54, 1.807) is 19.3 Å². The molecule has 184 valence electrons. The Morgan fingerprint density at radius 2 is 1.80 bits per heavy atom. The molecule has 1 aliphatic heterocycles. The lowest BCUT2D eigenvalue weighted by molar-refractivity contribution is -0.138. The summed E-state index contributed by atoms with van der Waals surface area (Å²) in [5.74, 6) is 1.33. The fourth-order valence-corrected chi connectivity index (χ4v) is 8.64. The number of nitrogens with two attached hydrogens (primary N) is 1. The zero-order valence-corrected chi connectivity index (χ0v) is 21.0. The van der Waals surface area contributed by atoms with E-state index in [-0.39, 0.29) is 24.0 Å². The molecule has 7 rings (SSSR count). The number of carbonyl (C=O) groups is 2. The third-order valence-electron chi connectivity index (χ3n) is 8.42. The third kappa shape index (κ3) is 3.73. The zero-order valence-electron chi connectivity index (χ0n) is 20.2. The molecule has 0 aromatic carbocycles. The molecule has 1 unspecified atom stereocenters. The second-order valence-electron chi connectivity index (χ2n) is 10.8. The molecule has 4 saturated carbocycles. The number of esters is 1. The van der Waals surface area contributed by atoms with Crippen molar-refractivity contribution in [2.24, 2.45) is 17.8 Å². The van der Waals surface area contributed by atoms with Gasteiger partial charge >= 0.3 is 5.97 Å². The number of aromatic nitrogens is 1. The van der Waals surface area contributed by atoms with Gasteiger partial charge in [0.05, 0.1) is 22.9 Å². The van der Waals surface area contributed by atoms with Gasteiger partial charge in [-0.3, -0.25) is 9.78 Å². The van der Waals surface area contributed by atoms with Crippen LogP contribution in [-0.2, 0) is 9.53 Å². The standard InChI is InChI=1S/C27H32N4O3S/c1-3-34-26(33)19-14(2)30-25-21(20(19)18-4-6-29-7-5-18)22(28)23(35-25)24(32)31-27-11-15-8-16(12-27)10-17(9-15)13-27/h4-7,15-17,20,30H,3,8-13,28H2,1-2H3,(H,31,32). The molecular weight excluding hydrogens is 460 g/mol. The van der Waals surface area contributed by atoms with Crippen LogP contribution in [0, 0.1) is 17.8 Å². The van der Waals surface area contributed by atoms with Gasteiger partial charge in [0.2, 0.25) is 0 Å². The Morgan fingerprint density at radius 1 is 1.17 bits per heavy atom. The maximum Gasteiger partial charge on any atom is 0.336 e. The summed E-state index contributed by atoms with van der Waals surface area (Å²) in [5.41, 5.74) is 9.96. The van der Waals surface area contributed by atoms with Gasteiger partial charge in [0.1, 0.15) is 4.88 Å². The summed E-state index contributed by atoms with van der Waals surface area (Å²) in [6.07, 6.45) is 10.6. The van der Waals surface area contributed by atoms with Crippen molar-refractivity contribution in [1.82, 2.24) is 10.3 Å². The van der Waals surface area contributed by atoms with E-state index in [0.717, 1.165) is 53.1 Å². The fourth-order valence-electron chi connectivity index (χ4n) is 7.53. The smallest absolute Gasteiger partial charge is 0.336 e. The number of ether oxygens (including phenoxy) is 1. The molecule has 4 N–H and O–H groups in total. The van der Waals surface area contributed by atoms with E-state index in [0.29, 0.717) is 21.8 Å². The minimum absolute atomic E-state index is 0.0885. The first kappa shape index (κ1) is 22.6. The van der Waals surface area contributed by atoms with Crippen molar-refractivity contribution < 1.29 is 14.3 Å². The second kappa shape index (κ2) is 8.36. The molecule has 5 aliphatic rings. The second-order valence-corrected chi connectivity index (χ2v) is 11.9. The molecule has 4 fully saturated rings. The number of hydrogen-bond acceptors (Lipinski definition) is 7. The number of thiophene rings is 1. The van der Waals surface area contributed by atoms with Gasteiger partial charge in [-0.25, -0.2) is 4.79 Å². The van der Waals surface area contributed by atoms with Gasteiger partial charge in [-0.1, -0.05) is 0 Å². The van der Waals surface area contributed by atoms with Gasteiger partial charge in [-0.15, -0.1) is 11.3 Å². The number of nitrogens with zero attached hydrogens (tertiary/aromatic N) is 1. The molecule has 1 amide bonds. The number of nitrogen functional groups attached to an aromatic ring is 1. The lowest BCUT2D eigenvalue weighted by Gasteiger charge is -2.56. The van der Waals surface area contributed by atoms with Gasteiger partial charge in [-0.05, 0) is 87.8 Å². The molecule has 4 bridgehead atoms. The summed E-state index contributed by atoms with van der Waals surface area (Å²) >= 11 is 1.38. The van der Waals surface area contributed by atoms with Gasteiger partial charge < -0.3 is 21.1 Å². The first-order valence-electron chi connectivity index (χ1n) is 12.7. The summed E-state index contributed by atoms with van der Waals surface area (Å²) in [7, 11) is 0. The molecule has 0 saturated heterocycles. The van der Waals surface area contributed by atoms with Crippen LogP contribution in [0.4, 0.5) is 10.7 Å². The van der Waals surface area contributed by atoms with E-state index in [4.69, 9.17) is 10.5 Å². The number of nitrogens with one attached hydrogen (secondary N) is 2. The SMILES string of the molecule is CCOC(=O)C1=C(C)Nc2sc(C(=O)NC34CC5CC(CC(C5)C3)C4)c(N)c2C1c1ccncc1. The Hall–Kier alpha value is -2.87. The normalized spacial score (nSPS) is 30.6. The quantitative estimate of drug-likeness (QED) is 0.517. The largest absolute Gasteiger partial charge is 0.463 e. The van der Waals surface area contributed by atoms with Crippen LogP contribution in [0.25, 0.3) is 0 Å². The number of anilines is 2. The van der Waals surface area contributed by atoms with Crippen molar-refractivity contribution in [1.29, 1.82) is 0 Å².